The first-order valence-electron chi connectivity index (χ1n) is 8.59. The molecule has 1 unspecified atom stereocenters. The molecule has 0 heterocycles. The number of urea groups is 1. The summed E-state index contributed by atoms with van der Waals surface area (Å²) >= 11 is 0. The molecule has 5 amide bonds. The van der Waals surface area contributed by atoms with E-state index in [-0.39, 0.29) is 17.7 Å². The molecule has 0 aliphatic rings. The Morgan fingerprint density at radius 1 is 0.960 bits per heavy atom. The number of carbonyl (C=O) groups excluding carboxylic acids is 4. The molecule has 3 N–H and O–H groups in total. The van der Waals surface area contributed by atoms with E-state index in [9.17, 15) is 19.2 Å². The second kappa shape index (κ2) is 10.7. The second-order valence-corrected chi connectivity index (χ2v) is 6.93. The van der Waals surface area contributed by atoms with Gasteiger partial charge in [-0.25, -0.2) is 4.79 Å². The minimum Gasteiger partial charge on any atom is -0.357 e. The molecule has 0 aliphatic carbocycles. The van der Waals surface area contributed by atoms with E-state index in [4.69, 9.17) is 0 Å². The van der Waals surface area contributed by atoms with Crippen LogP contribution in [0.4, 0.5) is 4.79 Å². The Bertz CT molecular complexity index is 491. The quantitative estimate of drug-likeness (QED) is 0.599. The molecule has 0 radical (unpaired) electrons. The van der Waals surface area contributed by atoms with Crippen molar-refractivity contribution in [3.63, 3.8) is 0 Å². The Hall–Kier alpha value is -2.12. The van der Waals surface area contributed by atoms with Crippen LogP contribution in [0.5, 0.6) is 0 Å². The zero-order valence-corrected chi connectivity index (χ0v) is 16.3. The highest BCUT2D eigenvalue weighted by atomic mass is 16.2. The Kier molecular flexibility index (Phi) is 9.78. The lowest BCUT2D eigenvalue weighted by Crippen LogP contribution is -2.56. The maximum atomic E-state index is 12.2. The van der Waals surface area contributed by atoms with Gasteiger partial charge in [0.2, 0.25) is 17.7 Å². The molecule has 8 heteroatoms. The number of imide groups is 1. The largest absolute Gasteiger partial charge is 0.357 e. The highest BCUT2D eigenvalue weighted by Gasteiger charge is 2.30. The number of likely N-dealkylation sites (N-methyl/N-ethyl adjacent to an activating group) is 2. The van der Waals surface area contributed by atoms with E-state index < -0.39 is 24.0 Å². The molecule has 25 heavy (non-hydrogen) atoms. The maximum Gasteiger partial charge on any atom is 0.324 e. The molecule has 0 saturated heterocycles. The number of nitrogens with zero attached hydrogens (tertiary/aromatic N) is 1. The molecule has 0 aliphatic heterocycles. The second-order valence-electron chi connectivity index (χ2n) is 6.93. The third kappa shape index (κ3) is 8.00. The minimum absolute atomic E-state index is 0.126. The molecule has 144 valence electrons. The van der Waals surface area contributed by atoms with Crippen molar-refractivity contribution in [3.8, 4) is 0 Å². The molecule has 0 bridgehead atoms. The lowest BCUT2D eigenvalue weighted by Gasteiger charge is -2.29. The number of rotatable bonds is 8. The first kappa shape index (κ1) is 22.9. The Balaban J connectivity index is 4.68. The van der Waals surface area contributed by atoms with E-state index in [0.717, 1.165) is 6.42 Å². The van der Waals surface area contributed by atoms with Gasteiger partial charge in [-0.1, -0.05) is 27.7 Å². The van der Waals surface area contributed by atoms with Crippen molar-refractivity contribution < 1.29 is 19.2 Å². The molecule has 0 aromatic carbocycles. The van der Waals surface area contributed by atoms with Crippen LogP contribution in [0.2, 0.25) is 0 Å². The minimum atomic E-state index is -0.838. The standard InChI is InChI=1S/C17H32N4O4/c1-10(2)8-9-13(22)19-12(5)15(23)20-17(25)21(7)14(11(3)4)16(24)18-6/h10-12,14H,8-9H2,1-7H3,(H,18,24)(H,19,22)(H,20,23,25)/t12-,14?/m1/s1. The van der Waals surface area contributed by atoms with Gasteiger partial charge in [-0.05, 0) is 25.2 Å². The lowest BCUT2D eigenvalue weighted by atomic mass is 10.0. The smallest absolute Gasteiger partial charge is 0.324 e. The number of carbonyl (C=O) groups is 4. The van der Waals surface area contributed by atoms with Crippen LogP contribution in [0.3, 0.4) is 0 Å². The van der Waals surface area contributed by atoms with Crippen molar-refractivity contribution in [1.29, 1.82) is 0 Å². The summed E-state index contributed by atoms with van der Waals surface area (Å²) in [4.78, 5) is 49.2. The molecule has 0 aromatic rings. The number of nitrogens with one attached hydrogen (secondary N) is 3. The zero-order valence-electron chi connectivity index (χ0n) is 16.3. The summed E-state index contributed by atoms with van der Waals surface area (Å²) < 4.78 is 0. The molecule has 2 atom stereocenters. The highest BCUT2D eigenvalue weighted by Crippen LogP contribution is 2.09. The Morgan fingerprint density at radius 2 is 1.52 bits per heavy atom. The SMILES string of the molecule is CNC(=O)C(C(C)C)N(C)C(=O)NC(=O)[C@@H](C)NC(=O)CCC(C)C. The summed E-state index contributed by atoms with van der Waals surface area (Å²) in [5.74, 6) is -0.895. The van der Waals surface area contributed by atoms with E-state index in [0.29, 0.717) is 12.3 Å². The molecule has 0 fully saturated rings. The van der Waals surface area contributed by atoms with Crippen LogP contribution >= 0.6 is 0 Å². The maximum absolute atomic E-state index is 12.2. The molecule has 0 saturated carbocycles. The van der Waals surface area contributed by atoms with Gasteiger partial charge in [0.05, 0.1) is 0 Å². The van der Waals surface area contributed by atoms with Crippen LogP contribution in [-0.2, 0) is 14.4 Å². The molecular weight excluding hydrogens is 324 g/mol. The normalized spacial score (nSPS) is 13.2. The van der Waals surface area contributed by atoms with Crippen molar-refractivity contribution in [1.82, 2.24) is 20.9 Å². The fourth-order valence-corrected chi connectivity index (χ4v) is 2.30. The van der Waals surface area contributed by atoms with Gasteiger partial charge in [0.1, 0.15) is 12.1 Å². The summed E-state index contributed by atoms with van der Waals surface area (Å²) in [6.45, 7) is 9.14. The first-order valence-corrected chi connectivity index (χ1v) is 8.59. The van der Waals surface area contributed by atoms with Gasteiger partial charge in [-0.3, -0.25) is 19.7 Å². The van der Waals surface area contributed by atoms with Crippen molar-refractivity contribution in [3.05, 3.63) is 0 Å². The van der Waals surface area contributed by atoms with Crippen LogP contribution in [0.25, 0.3) is 0 Å². The molecule has 8 nitrogen and oxygen atoms in total. The Morgan fingerprint density at radius 3 is 1.96 bits per heavy atom. The monoisotopic (exact) mass is 356 g/mol. The van der Waals surface area contributed by atoms with Crippen LogP contribution in [0, 0.1) is 11.8 Å². The van der Waals surface area contributed by atoms with E-state index in [1.807, 2.05) is 27.7 Å². The summed E-state index contributed by atoms with van der Waals surface area (Å²) in [5.41, 5.74) is 0. The Labute approximate surface area is 150 Å². The average Bonchev–Trinajstić information content (AvgIpc) is 2.51. The van der Waals surface area contributed by atoms with E-state index in [1.165, 1.54) is 25.9 Å². The van der Waals surface area contributed by atoms with Crippen LogP contribution in [0.15, 0.2) is 0 Å². The zero-order chi connectivity index (χ0) is 19.7. The van der Waals surface area contributed by atoms with Crippen molar-refractivity contribution >= 4 is 23.8 Å². The summed E-state index contributed by atoms with van der Waals surface area (Å²) in [5, 5.41) is 7.29. The van der Waals surface area contributed by atoms with Crippen LogP contribution in [-0.4, -0.2) is 54.8 Å². The van der Waals surface area contributed by atoms with E-state index >= 15 is 0 Å². The number of hydrogen-bond acceptors (Lipinski definition) is 4. The third-order valence-corrected chi connectivity index (χ3v) is 3.83. The van der Waals surface area contributed by atoms with Gasteiger partial charge < -0.3 is 15.5 Å². The predicted molar refractivity (Wildman–Crippen MR) is 95.7 cm³/mol. The highest BCUT2D eigenvalue weighted by molar-refractivity contribution is 5.99. The fourth-order valence-electron chi connectivity index (χ4n) is 2.30. The van der Waals surface area contributed by atoms with E-state index in [1.54, 1.807) is 0 Å². The summed E-state index contributed by atoms with van der Waals surface area (Å²) in [6, 6.07) is -2.22. The van der Waals surface area contributed by atoms with Crippen molar-refractivity contribution in [2.24, 2.45) is 11.8 Å². The van der Waals surface area contributed by atoms with E-state index in [2.05, 4.69) is 16.0 Å². The average molecular weight is 356 g/mol. The molecule has 0 aromatic heterocycles. The molecular formula is C17H32N4O4. The summed E-state index contributed by atoms with van der Waals surface area (Å²) in [6.07, 6.45) is 1.05. The first-order chi connectivity index (χ1) is 11.5. The molecule has 0 spiro atoms. The van der Waals surface area contributed by atoms with Crippen LogP contribution < -0.4 is 16.0 Å². The van der Waals surface area contributed by atoms with Gasteiger partial charge in [0, 0.05) is 20.5 Å². The lowest BCUT2D eigenvalue weighted by molar-refractivity contribution is -0.128. The molecule has 0 rings (SSSR count). The van der Waals surface area contributed by atoms with Gasteiger partial charge in [-0.15, -0.1) is 0 Å². The van der Waals surface area contributed by atoms with Crippen molar-refractivity contribution in [2.45, 2.75) is 59.5 Å². The number of amides is 5. The predicted octanol–water partition coefficient (Wildman–Crippen LogP) is 0.866. The van der Waals surface area contributed by atoms with Crippen molar-refractivity contribution in [2.75, 3.05) is 14.1 Å². The third-order valence-electron chi connectivity index (χ3n) is 3.83. The number of hydrogen-bond donors (Lipinski definition) is 3. The van der Waals surface area contributed by atoms with Gasteiger partial charge in [-0.2, -0.15) is 0 Å². The summed E-state index contributed by atoms with van der Waals surface area (Å²) in [7, 11) is 2.94. The van der Waals surface area contributed by atoms with Gasteiger partial charge in [0.15, 0.2) is 0 Å². The van der Waals surface area contributed by atoms with Crippen LogP contribution in [0.1, 0.15) is 47.5 Å². The fraction of sp³-hybridized carbons (Fsp3) is 0.765. The van der Waals surface area contributed by atoms with Gasteiger partial charge in [0.25, 0.3) is 0 Å². The topological polar surface area (TPSA) is 108 Å². The van der Waals surface area contributed by atoms with Gasteiger partial charge >= 0.3 is 6.03 Å².